The van der Waals surface area contributed by atoms with Gasteiger partial charge in [0.1, 0.15) is 11.4 Å². The van der Waals surface area contributed by atoms with Crippen LogP contribution in [0.15, 0.2) is 18.2 Å². The quantitative estimate of drug-likeness (QED) is 0.134. The van der Waals surface area contributed by atoms with E-state index < -0.39 is 0 Å². The highest BCUT2D eigenvalue weighted by Crippen LogP contribution is 2.43. The number of carbonyl (C=O) groups excluding carboxylic acids is 1. The number of benzene rings is 1. The fourth-order valence-electron chi connectivity index (χ4n) is 5.00. The Labute approximate surface area is 242 Å². The van der Waals surface area contributed by atoms with Crippen molar-refractivity contribution in [1.29, 1.82) is 0 Å². The van der Waals surface area contributed by atoms with Gasteiger partial charge in [-0.05, 0) is 87.5 Å². The molecule has 40 heavy (non-hydrogen) atoms. The fraction of sp³-hybridized carbons (Fsp3) is 0.667. The van der Waals surface area contributed by atoms with Crippen LogP contribution in [0.1, 0.15) is 121 Å². The minimum absolute atomic E-state index is 0.321. The van der Waals surface area contributed by atoms with Crippen LogP contribution in [0.5, 0.6) is 5.75 Å². The van der Waals surface area contributed by atoms with Gasteiger partial charge >= 0.3 is 0 Å². The molecule has 0 radical (unpaired) electrons. The number of nitrogens with zero attached hydrogens (tertiary/aromatic N) is 2. The first-order valence-corrected chi connectivity index (χ1v) is 15.6. The summed E-state index contributed by atoms with van der Waals surface area (Å²) in [6.07, 6.45) is 14.8. The molecule has 1 fully saturated rings. The van der Waals surface area contributed by atoms with E-state index >= 15 is 0 Å². The van der Waals surface area contributed by atoms with Gasteiger partial charge in [-0.25, -0.2) is 0 Å². The molecule has 1 aromatic heterocycles. The zero-order chi connectivity index (χ0) is 29.2. The zero-order valence-electron chi connectivity index (χ0n) is 25.6. The van der Waals surface area contributed by atoms with E-state index in [0.717, 1.165) is 62.0 Å². The molecule has 1 aliphatic rings. The first-order valence-electron chi connectivity index (χ1n) is 15.6. The predicted octanol–water partition coefficient (Wildman–Crippen LogP) is 7.99. The lowest BCUT2D eigenvalue weighted by molar-refractivity contribution is -0.128. The molecule has 0 aliphatic heterocycles. The summed E-state index contributed by atoms with van der Waals surface area (Å²) in [6, 6.07) is 6.56. The van der Waals surface area contributed by atoms with Crippen molar-refractivity contribution in [1.82, 2.24) is 10.2 Å². The third-order valence-corrected chi connectivity index (χ3v) is 7.54. The minimum Gasteiger partial charge on any atom is -0.507 e. The Morgan fingerprint density at radius 2 is 1.75 bits per heavy atom. The van der Waals surface area contributed by atoms with Gasteiger partial charge < -0.3 is 19.9 Å². The Bertz CT molecular complexity index is 994. The Balaban J connectivity index is 0.00000103. The van der Waals surface area contributed by atoms with Gasteiger partial charge in [0, 0.05) is 30.9 Å². The van der Waals surface area contributed by atoms with Crippen molar-refractivity contribution in [3.8, 4) is 17.0 Å². The van der Waals surface area contributed by atoms with E-state index in [1.54, 1.807) is 14.0 Å². The lowest BCUT2D eigenvalue weighted by Crippen LogP contribution is -2.22. The molecule has 0 spiro atoms. The van der Waals surface area contributed by atoms with Crippen LogP contribution >= 0.6 is 0 Å². The molecule has 7 heteroatoms. The second-order valence-electron chi connectivity index (χ2n) is 10.8. The van der Waals surface area contributed by atoms with Crippen LogP contribution in [0.3, 0.4) is 0 Å². The monoisotopic (exact) mass is 555 g/mol. The molecule has 2 N–H and O–H groups in total. The van der Waals surface area contributed by atoms with E-state index in [2.05, 4.69) is 36.9 Å². The van der Waals surface area contributed by atoms with Crippen molar-refractivity contribution in [2.24, 2.45) is 0 Å². The molecule has 1 aromatic carbocycles. The average Bonchev–Trinajstić information content (AvgIpc) is 3.81. The number of nitrogens with one attached hydrogen (secondary N) is 1. The van der Waals surface area contributed by atoms with Gasteiger partial charge in [0.15, 0.2) is 5.82 Å². The number of carbonyl (C=O) groups is 1. The molecule has 224 valence electrons. The molecule has 2 aromatic rings. The summed E-state index contributed by atoms with van der Waals surface area (Å²) in [5, 5.41) is 24.2. The molecule has 0 amide bonds. The first kappa shape index (κ1) is 33.5. The van der Waals surface area contributed by atoms with Crippen LogP contribution in [0.25, 0.3) is 11.3 Å². The summed E-state index contributed by atoms with van der Waals surface area (Å²) in [6.45, 7) is 10.1. The van der Waals surface area contributed by atoms with Crippen molar-refractivity contribution in [2.75, 3.05) is 25.6 Å². The Hall–Kier alpha value is -2.67. The maximum absolute atomic E-state index is 11.0. The third kappa shape index (κ3) is 11.1. The molecule has 3 rings (SSSR count). The van der Waals surface area contributed by atoms with Crippen molar-refractivity contribution >= 4 is 12.3 Å². The van der Waals surface area contributed by atoms with Gasteiger partial charge in [0.2, 0.25) is 0 Å². The lowest BCUT2D eigenvalue weighted by atomic mass is 9.93. The van der Waals surface area contributed by atoms with Gasteiger partial charge in [-0.3, -0.25) is 4.79 Å². The standard InChI is InChI=1S/C30H47N3O2.C3H6O2/c1-5-8-10-11-13-24(7-3)31-30-26(14-9-6-2)25(15-12-20-35-4)29(32-33-30)27-19-18-23(21-28(27)34)22-16-17-22;1-2-5-3-4/h18-19,21-22,24,34H,5-17,20H2,1-4H3,(H,31,33);3H,2H2,1H3. The van der Waals surface area contributed by atoms with Crippen molar-refractivity contribution in [3.63, 3.8) is 0 Å². The largest absolute Gasteiger partial charge is 0.507 e. The highest BCUT2D eigenvalue weighted by molar-refractivity contribution is 5.73. The summed E-state index contributed by atoms with van der Waals surface area (Å²) in [4.78, 5) is 9.18. The van der Waals surface area contributed by atoms with Gasteiger partial charge in [-0.1, -0.05) is 58.9 Å². The number of aromatic hydroxyl groups is 1. The van der Waals surface area contributed by atoms with Crippen molar-refractivity contribution in [2.45, 2.75) is 123 Å². The Morgan fingerprint density at radius 1 is 1.00 bits per heavy atom. The van der Waals surface area contributed by atoms with Crippen LogP contribution in [0.2, 0.25) is 0 Å². The van der Waals surface area contributed by atoms with E-state index in [1.807, 2.05) is 12.1 Å². The number of phenols is 1. The van der Waals surface area contributed by atoms with Crippen molar-refractivity contribution < 1.29 is 19.4 Å². The van der Waals surface area contributed by atoms with E-state index in [0.29, 0.717) is 37.4 Å². The molecule has 0 saturated heterocycles. The lowest BCUT2D eigenvalue weighted by Gasteiger charge is -2.23. The van der Waals surface area contributed by atoms with Crippen LogP contribution in [0, 0.1) is 0 Å². The predicted molar refractivity (Wildman–Crippen MR) is 164 cm³/mol. The van der Waals surface area contributed by atoms with Gasteiger partial charge in [-0.2, -0.15) is 0 Å². The third-order valence-electron chi connectivity index (χ3n) is 7.54. The second-order valence-corrected chi connectivity index (χ2v) is 10.8. The molecule has 0 bridgehead atoms. The number of hydrogen-bond acceptors (Lipinski definition) is 7. The van der Waals surface area contributed by atoms with Crippen LogP contribution in [-0.4, -0.2) is 48.1 Å². The van der Waals surface area contributed by atoms with E-state index in [4.69, 9.17) is 14.9 Å². The number of unbranched alkanes of at least 4 members (excludes halogenated alkanes) is 4. The number of rotatable bonds is 19. The minimum atomic E-state index is 0.321. The van der Waals surface area contributed by atoms with Gasteiger partial charge in [-0.15, -0.1) is 10.2 Å². The normalized spacial score (nSPS) is 13.3. The fourth-order valence-corrected chi connectivity index (χ4v) is 5.00. The Morgan fingerprint density at radius 3 is 2.33 bits per heavy atom. The smallest absolute Gasteiger partial charge is 0.293 e. The number of phenolic OH excluding ortho intramolecular Hbond substituents is 1. The van der Waals surface area contributed by atoms with Gasteiger partial charge in [0.25, 0.3) is 6.47 Å². The number of ether oxygens (including phenoxy) is 2. The highest BCUT2D eigenvalue weighted by atomic mass is 16.5. The molecular formula is C33H53N3O4. The van der Waals surface area contributed by atoms with E-state index in [-0.39, 0.29) is 0 Å². The zero-order valence-corrected chi connectivity index (χ0v) is 25.6. The molecular weight excluding hydrogens is 502 g/mol. The van der Waals surface area contributed by atoms with Gasteiger partial charge in [0.05, 0.1) is 6.61 Å². The van der Waals surface area contributed by atoms with Crippen LogP contribution < -0.4 is 5.32 Å². The summed E-state index contributed by atoms with van der Waals surface area (Å²) < 4.78 is 9.53. The van der Waals surface area contributed by atoms with Crippen molar-refractivity contribution in [3.05, 3.63) is 34.9 Å². The molecule has 1 heterocycles. The molecule has 1 unspecified atom stereocenters. The summed E-state index contributed by atoms with van der Waals surface area (Å²) in [5.74, 6) is 1.87. The maximum Gasteiger partial charge on any atom is 0.293 e. The molecule has 1 aliphatic carbocycles. The van der Waals surface area contributed by atoms with E-state index in [1.165, 1.54) is 55.2 Å². The van der Waals surface area contributed by atoms with Crippen LogP contribution in [0.4, 0.5) is 5.82 Å². The number of hydrogen-bond donors (Lipinski definition) is 2. The Kier molecular flexibility index (Phi) is 16.3. The number of aromatic nitrogens is 2. The average molecular weight is 556 g/mol. The summed E-state index contributed by atoms with van der Waals surface area (Å²) in [5.41, 5.74) is 5.34. The maximum atomic E-state index is 11.0. The second kappa shape index (κ2) is 19.4. The molecule has 1 saturated carbocycles. The van der Waals surface area contributed by atoms with E-state index in [9.17, 15) is 9.90 Å². The topological polar surface area (TPSA) is 93.6 Å². The SMILES string of the molecule is CCCCCCC(CC)Nc1nnc(-c2ccc(C3CC3)cc2O)c(CCCOC)c1CCCC.CCOC=O. The molecule has 1 atom stereocenters. The summed E-state index contributed by atoms with van der Waals surface area (Å²) >= 11 is 0. The first-order chi connectivity index (χ1) is 19.5. The molecule has 7 nitrogen and oxygen atoms in total. The number of anilines is 1. The number of methoxy groups -OCH3 is 1. The summed E-state index contributed by atoms with van der Waals surface area (Å²) in [7, 11) is 1.75. The highest BCUT2D eigenvalue weighted by Gasteiger charge is 2.26. The van der Waals surface area contributed by atoms with Crippen LogP contribution in [-0.2, 0) is 27.1 Å².